The number of hydrogen-bond donors (Lipinski definition) is 1. The third kappa shape index (κ3) is 3.00. The van der Waals surface area contributed by atoms with E-state index in [1.54, 1.807) is 19.1 Å². The van der Waals surface area contributed by atoms with Crippen LogP contribution in [0.5, 0.6) is 0 Å². The molecule has 2 aromatic heterocycles. The van der Waals surface area contributed by atoms with E-state index < -0.39 is 5.82 Å². The van der Waals surface area contributed by atoms with Crippen molar-refractivity contribution in [3.05, 3.63) is 47.7 Å². The van der Waals surface area contributed by atoms with Crippen LogP contribution in [0.4, 0.5) is 15.9 Å². The lowest BCUT2D eigenvalue weighted by atomic mass is 10.1. The average Bonchev–Trinajstić information content (AvgIpc) is 2.98. The van der Waals surface area contributed by atoms with Gasteiger partial charge in [-0.3, -0.25) is 4.79 Å². The second-order valence-corrected chi connectivity index (χ2v) is 6.42. The van der Waals surface area contributed by atoms with Crippen LogP contribution in [-0.4, -0.2) is 29.0 Å². The molecule has 1 aliphatic rings. The summed E-state index contributed by atoms with van der Waals surface area (Å²) in [6.45, 7) is 3.50. The van der Waals surface area contributed by atoms with Crippen LogP contribution in [0.3, 0.4) is 0 Å². The van der Waals surface area contributed by atoms with Crippen molar-refractivity contribution >= 4 is 28.5 Å². The number of nitrogens with one attached hydrogen (secondary N) is 1. The summed E-state index contributed by atoms with van der Waals surface area (Å²) in [4.78, 5) is 23.7. The van der Waals surface area contributed by atoms with E-state index >= 15 is 0 Å². The molecular weight excluding hydrogens is 335 g/mol. The number of carbonyl (C=O) groups excluding carboxylic acids is 1. The fourth-order valence-corrected chi connectivity index (χ4v) is 3.41. The lowest BCUT2D eigenvalue weighted by Crippen LogP contribution is -2.30. The molecule has 0 saturated carbocycles. The number of fused-ring (bicyclic) bond motifs is 1. The molecule has 6 nitrogen and oxygen atoms in total. The van der Waals surface area contributed by atoms with E-state index in [4.69, 9.17) is 4.42 Å². The molecule has 1 aromatic carbocycles. The van der Waals surface area contributed by atoms with Gasteiger partial charge in [0, 0.05) is 18.8 Å². The molecule has 7 heteroatoms. The molecule has 0 spiro atoms. The van der Waals surface area contributed by atoms with Crippen molar-refractivity contribution in [3.63, 3.8) is 0 Å². The highest BCUT2D eigenvalue weighted by Gasteiger charge is 2.25. The van der Waals surface area contributed by atoms with Crippen LogP contribution in [0.2, 0.25) is 0 Å². The molecule has 0 radical (unpaired) electrons. The Morgan fingerprint density at radius 3 is 2.81 bits per heavy atom. The lowest BCUT2D eigenvalue weighted by Gasteiger charge is -2.28. The molecule has 1 saturated heterocycles. The Kier molecular flexibility index (Phi) is 4.28. The summed E-state index contributed by atoms with van der Waals surface area (Å²) in [6.07, 6.45) is 4.84. The number of aromatic nitrogens is 2. The predicted octanol–water partition coefficient (Wildman–Crippen LogP) is 3.91. The minimum atomic E-state index is -0.408. The average molecular weight is 354 g/mol. The van der Waals surface area contributed by atoms with Gasteiger partial charge in [-0.1, -0.05) is 6.07 Å². The van der Waals surface area contributed by atoms with E-state index in [-0.39, 0.29) is 5.91 Å². The fraction of sp³-hybridized carbons (Fsp3) is 0.316. The molecule has 1 amide bonds. The molecule has 26 heavy (non-hydrogen) atoms. The highest BCUT2D eigenvalue weighted by molar-refractivity contribution is 6.15. The Bertz CT molecular complexity index is 963. The molecule has 3 heterocycles. The summed E-state index contributed by atoms with van der Waals surface area (Å²) in [5, 5.41) is 3.35. The molecule has 0 aliphatic carbocycles. The number of nitrogens with zero attached hydrogens (tertiary/aromatic N) is 3. The van der Waals surface area contributed by atoms with Crippen molar-refractivity contribution in [2.24, 2.45) is 0 Å². The van der Waals surface area contributed by atoms with Gasteiger partial charge in [0.25, 0.3) is 5.91 Å². The van der Waals surface area contributed by atoms with Gasteiger partial charge in [0.05, 0.1) is 10.9 Å². The van der Waals surface area contributed by atoms with Crippen molar-refractivity contribution < 1.29 is 13.6 Å². The Labute approximate surface area is 150 Å². The van der Waals surface area contributed by atoms with E-state index in [1.165, 1.54) is 24.9 Å². The van der Waals surface area contributed by atoms with E-state index in [9.17, 15) is 9.18 Å². The predicted molar refractivity (Wildman–Crippen MR) is 97.0 cm³/mol. The standard InChI is InChI=1S/C19H19FN4O2/c1-12-15(18(25)23-14-7-5-6-13(20)10-14)16-17(21-11-22-19(16)26-12)24-8-3-2-4-9-24/h5-7,10-11H,2-4,8-9H2,1H3,(H,23,25). The summed E-state index contributed by atoms with van der Waals surface area (Å²) in [5.74, 6) is 0.414. The van der Waals surface area contributed by atoms with Gasteiger partial charge in [-0.2, -0.15) is 0 Å². The smallest absolute Gasteiger partial charge is 0.260 e. The van der Waals surface area contributed by atoms with Crippen LogP contribution in [-0.2, 0) is 0 Å². The number of benzene rings is 1. The molecular formula is C19H19FN4O2. The first kappa shape index (κ1) is 16.5. The zero-order valence-corrected chi connectivity index (χ0v) is 14.5. The van der Waals surface area contributed by atoms with Gasteiger partial charge in [-0.05, 0) is 44.4 Å². The van der Waals surface area contributed by atoms with Crippen LogP contribution in [0.1, 0.15) is 35.4 Å². The van der Waals surface area contributed by atoms with Crippen LogP contribution >= 0.6 is 0 Å². The van der Waals surface area contributed by atoms with Crippen molar-refractivity contribution in [2.45, 2.75) is 26.2 Å². The Morgan fingerprint density at radius 1 is 1.23 bits per heavy atom. The molecule has 0 unspecified atom stereocenters. The van der Waals surface area contributed by atoms with E-state index in [2.05, 4.69) is 20.2 Å². The van der Waals surface area contributed by atoms with Crippen molar-refractivity contribution in [2.75, 3.05) is 23.3 Å². The molecule has 1 aliphatic heterocycles. The SMILES string of the molecule is Cc1oc2ncnc(N3CCCCC3)c2c1C(=O)Nc1cccc(F)c1. The molecule has 1 N–H and O–H groups in total. The van der Waals surface area contributed by atoms with Gasteiger partial charge in [0.2, 0.25) is 5.71 Å². The van der Waals surface area contributed by atoms with Gasteiger partial charge in [-0.15, -0.1) is 0 Å². The molecule has 3 aromatic rings. The third-order valence-electron chi connectivity index (χ3n) is 4.61. The molecule has 134 valence electrons. The summed E-state index contributed by atoms with van der Waals surface area (Å²) in [7, 11) is 0. The lowest BCUT2D eigenvalue weighted by molar-refractivity contribution is 0.102. The topological polar surface area (TPSA) is 71.3 Å². The summed E-state index contributed by atoms with van der Waals surface area (Å²) in [5.41, 5.74) is 1.17. The van der Waals surface area contributed by atoms with E-state index in [1.807, 2.05) is 0 Å². The summed E-state index contributed by atoms with van der Waals surface area (Å²) in [6, 6.07) is 5.79. The van der Waals surface area contributed by atoms with Gasteiger partial charge in [0.15, 0.2) is 0 Å². The van der Waals surface area contributed by atoms with Gasteiger partial charge < -0.3 is 14.6 Å². The number of rotatable bonds is 3. The van der Waals surface area contributed by atoms with Crippen molar-refractivity contribution in [3.8, 4) is 0 Å². The number of aryl methyl sites for hydroxylation is 1. The van der Waals surface area contributed by atoms with E-state index in [0.29, 0.717) is 28.1 Å². The van der Waals surface area contributed by atoms with Crippen molar-refractivity contribution in [1.29, 1.82) is 0 Å². The normalized spacial score (nSPS) is 14.6. The fourth-order valence-electron chi connectivity index (χ4n) is 3.41. The molecule has 0 bridgehead atoms. The van der Waals surface area contributed by atoms with Crippen molar-refractivity contribution in [1.82, 2.24) is 9.97 Å². The zero-order valence-electron chi connectivity index (χ0n) is 14.5. The number of anilines is 2. The zero-order chi connectivity index (χ0) is 18.1. The minimum absolute atomic E-state index is 0.361. The Morgan fingerprint density at radius 2 is 2.04 bits per heavy atom. The van der Waals surface area contributed by atoms with Gasteiger partial charge in [0.1, 0.15) is 23.7 Å². The quantitative estimate of drug-likeness (QED) is 0.772. The van der Waals surface area contributed by atoms with Crippen LogP contribution in [0, 0.1) is 12.7 Å². The molecule has 1 fully saturated rings. The number of halogens is 1. The van der Waals surface area contributed by atoms with Crippen LogP contribution < -0.4 is 10.2 Å². The number of piperidine rings is 1. The maximum atomic E-state index is 13.4. The number of furan rings is 1. The second kappa shape index (κ2) is 6.74. The first-order valence-corrected chi connectivity index (χ1v) is 8.69. The van der Waals surface area contributed by atoms with Crippen LogP contribution in [0.15, 0.2) is 35.0 Å². The summed E-state index contributed by atoms with van der Waals surface area (Å²) < 4.78 is 19.1. The highest BCUT2D eigenvalue weighted by atomic mass is 19.1. The molecule has 0 atom stereocenters. The number of hydrogen-bond acceptors (Lipinski definition) is 5. The van der Waals surface area contributed by atoms with E-state index in [0.717, 1.165) is 31.7 Å². The third-order valence-corrected chi connectivity index (χ3v) is 4.61. The van der Waals surface area contributed by atoms with Gasteiger partial charge >= 0.3 is 0 Å². The molecule has 4 rings (SSSR count). The maximum Gasteiger partial charge on any atom is 0.260 e. The van der Waals surface area contributed by atoms with Crippen LogP contribution in [0.25, 0.3) is 11.1 Å². The number of carbonyl (C=O) groups is 1. The highest BCUT2D eigenvalue weighted by Crippen LogP contribution is 2.33. The first-order valence-electron chi connectivity index (χ1n) is 8.69. The maximum absolute atomic E-state index is 13.4. The monoisotopic (exact) mass is 354 g/mol. The first-order chi connectivity index (χ1) is 12.6. The largest absolute Gasteiger partial charge is 0.442 e. The number of amides is 1. The minimum Gasteiger partial charge on any atom is -0.442 e. The Balaban J connectivity index is 1.76. The summed E-state index contributed by atoms with van der Waals surface area (Å²) >= 11 is 0. The van der Waals surface area contributed by atoms with Gasteiger partial charge in [-0.25, -0.2) is 14.4 Å². The second-order valence-electron chi connectivity index (χ2n) is 6.42. The Hall–Kier alpha value is -2.96.